The minimum absolute atomic E-state index is 0.0173. The minimum Gasteiger partial charge on any atom is -0.354 e. The molecule has 0 saturated heterocycles. The summed E-state index contributed by atoms with van der Waals surface area (Å²) in [5.74, 6) is -0.159. The van der Waals surface area contributed by atoms with Crippen molar-refractivity contribution >= 4 is 17.6 Å². The van der Waals surface area contributed by atoms with Crippen molar-refractivity contribution in [2.75, 3.05) is 17.2 Å². The first-order valence-corrected chi connectivity index (χ1v) is 9.26. The Morgan fingerprint density at radius 3 is 2.19 bits per heavy atom. The monoisotopic (exact) mass is 457 g/mol. The molecule has 7 nitrogen and oxygen atoms in total. The van der Waals surface area contributed by atoms with Crippen molar-refractivity contribution in [2.24, 2.45) is 5.92 Å². The summed E-state index contributed by atoms with van der Waals surface area (Å²) in [6.45, 7) is 4.27. The second-order valence-electron chi connectivity index (χ2n) is 7.04. The third-order valence-corrected chi connectivity index (χ3v) is 3.88. The molecule has 32 heavy (non-hydrogen) atoms. The Morgan fingerprint density at radius 1 is 0.844 bits per heavy atom. The molecule has 0 spiro atoms. The van der Waals surface area contributed by atoms with Crippen LogP contribution in [-0.2, 0) is 12.4 Å². The fourth-order valence-electron chi connectivity index (χ4n) is 2.43. The number of alkyl halides is 6. The summed E-state index contributed by atoms with van der Waals surface area (Å²) in [7, 11) is 0. The fourth-order valence-corrected chi connectivity index (χ4v) is 2.43. The standard InChI is InChI=1S/C19H17F6N7/c1-10(2)9-27-16-30-15(12-4-3-5-13(29-12)18(20,21)22)31-17(32-16)28-11-6-7-26-14(8-11)19(23,24)25/h3-8,10H,9H2,1-2H3,(H2,26,27,28,30,31,32). The van der Waals surface area contributed by atoms with Gasteiger partial charge in [-0.3, -0.25) is 4.98 Å². The van der Waals surface area contributed by atoms with Crippen LogP contribution in [0, 0.1) is 5.92 Å². The van der Waals surface area contributed by atoms with Crippen LogP contribution in [0.25, 0.3) is 11.5 Å². The second kappa shape index (κ2) is 8.93. The lowest BCUT2D eigenvalue weighted by Gasteiger charge is -2.13. The van der Waals surface area contributed by atoms with Gasteiger partial charge in [-0.05, 0) is 30.2 Å². The smallest absolute Gasteiger partial charge is 0.354 e. The molecule has 0 aliphatic heterocycles. The average molecular weight is 457 g/mol. The highest BCUT2D eigenvalue weighted by atomic mass is 19.4. The highest BCUT2D eigenvalue weighted by Crippen LogP contribution is 2.31. The van der Waals surface area contributed by atoms with Gasteiger partial charge in [-0.25, -0.2) is 4.98 Å². The lowest BCUT2D eigenvalue weighted by molar-refractivity contribution is -0.141. The summed E-state index contributed by atoms with van der Waals surface area (Å²) in [5.41, 5.74) is -2.46. The quantitative estimate of drug-likeness (QED) is 0.493. The zero-order valence-corrected chi connectivity index (χ0v) is 16.8. The predicted octanol–water partition coefficient (Wildman–Crippen LogP) is 5.18. The summed E-state index contributed by atoms with van der Waals surface area (Å²) in [6.07, 6.45) is -8.37. The number of nitrogens with one attached hydrogen (secondary N) is 2. The molecule has 0 radical (unpaired) electrons. The van der Waals surface area contributed by atoms with Crippen molar-refractivity contribution in [3.8, 4) is 11.5 Å². The maximum atomic E-state index is 13.0. The van der Waals surface area contributed by atoms with E-state index in [2.05, 4.69) is 35.6 Å². The molecule has 170 valence electrons. The first kappa shape index (κ1) is 23.2. The molecule has 13 heteroatoms. The van der Waals surface area contributed by atoms with Crippen molar-refractivity contribution in [1.29, 1.82) is 0 Å². The second-order valence-corrected chi connectivity index (χ2v) is 7.04. The molecule has 3 rings (SSSR count). The number of rotatable bonds is 6. The average Bonchev–Trinajstić information content (AvgIpc) is 2.71. The molecule has 0 aliphatic rings. The molecule has 0 atom stereocenters. The predicted molar refractivity (Wildman–Crippen MR) is 104 cm³/mol. The van der Waals surface area contributed by atoms with E-state index in [0.717, 1.165) is 24.4 Å². The summed E-state index contributed by atoms with van der Waals surface area (Å²) in [5, 5.41) is 5.52. The molecule has 2 N–H and O–H groups in total. The Bertz CT molecular complexity index is 1080. The van der Waals surface area contributed by atoms with Crippen molar-refractivity contribution in [3.63, 3.8) is 0 Å². The number of nitrogens with zero attached hydrogens (tertiary/aromatic N) is 5. The van der Waals surface area contributed by atoms with E-state index in [9.17, 15) is 26.3 Å². The first-order valence-electron chi connectivity index (χ1n) is 9.26. The molecule has 0 aromatic carbocycles. The van der Waals surface area contributed by atoms with Crippen molar-refractivity contribution in [3.05, 3.63) is 47.9 Å². The zero-order valence-electron chi connectivity index (χ0n) is 16.8. The van der Waals surface area contributed by atoms with Gasteiger partial charge in [0.15, 0.2) is 5.82 Å². The SMILES string of the molecule is CC(C)CNc1nc(Nc2ccnc(C(F)(F)F)c2)nc(-c2cccc(C(F)(F)F)n2)n1. The lowest BCUT2D eigenvalue weighted by atomic mass is 10.2. The molecule has 0 fully saturated rings. The van der Waals surface area contributed by atoms with E-state index in [1.807, 2.05) is 13.8 Å². The van der Waals surface area contributed by atoms with E-state index in [-0.39, 0.29) is 35.0 Å². The Balaban J connectivity index is 2.01. The third kappa shape index (κ3) is 6.02. The molecule has 3 aromatic rings. The van der Waals surface area contributed by atoms with E-state index in [4.69, 9.17) is 0 Å². The highest BCUT2D eigenvalue weighted by molar-refractivity contribution is 5.59. The molecule has 0 saturated carbocycles. The van der Waals surface area contributed by atoms with E-state index in [0.29, 0.717) is 6.54 Å². The lowest BCUT2D eigenvalue weighted by Crippen LogP contribution is -2.14. The highest BCUT2D eigenvalue weighted by Gasteiger charge is 2.33. The topological polar surface area (TPSA) is 88.5 Å². The van der Waals surface area contributed by atoms with Crippen molar-refractivity contribution in [1.82, 2.24) is 24.9 Å². The van der Waals surface area contributed by atoms with Crippen LogP contribution in [0.2, 0.25) is 0 Å². The van der Waals surface area contributed by atoms with Crippen LogP contribution in [-0.4, -0.2) is 31.5 Å². The number of hydrogen-bond acceptors (Lipinski definition) is 7. The Labute approximate surface area is 178 Å². The maximum Gasteiger partial charge on any atom is 0.433 e. The number of hydrogen-bond donors (Lipinski definition) is 2. The van der Waals surface area contributed by atoms with Gasteiger partial charge in [0.1, 0.15) is 17.1 Å². The maximum absolute atomic E-state index is 13.0. The van der Waals surface area contributed by atoms with Gasteiger partial charge in [0.25, 0.3) is 0 Å². The van der Waals surface area contributed by atoms with Crippen LogP contribution in [0.5, 0.6) is 0 Å². The van der Waals surface area contributed by atoms with Gasteiger partial charge < -0.3 is 10.6 Å². The van der Waals surface area contributed by atoms with Crippen LogP contribution in [0.3, 0.4) is 0 Å². The number of aromatic nitrogens is 5. The molecule has 3 heterocycles. The van der Waals surface area contributed by atoms with Gasteiger partial charge >= 0.3 is 12.4 Å². The summed E-state index contributed by atoms with van der Waals surface area (Å²) >= 11 is 0. The molecule has 0 aliphatic carbocycles. The summed E-state index contributed by atoms with van der Waals surface area (Å²) in [6, 6.07) is 5.27. The van der Waals surface area contributed by atoms with Gasteiger partial charge in [0, 0.05) is 18.4 Å². The van der Waals surface area contributed by atoms with Crippen LogP contribution < -0.4 is 10.6 Å². The Morgan fingerprint density at radius 2 is 1.53 bits per heavy atom. The van der Waals surface area contributed by atoms with Gasteiger partial charge in [0.05, 0.1) is 0 Å². The third-order valence-electron chi connectivity index (χ3n) is 3.88. The minimum atomic E-state index is -4.67. The number of pyridine rings is 2. The van der Waals surface area contributed by atoms with E-state index in [1.54, 1.807) is 0 Å². The number of anilines is 3. The fraction of sp³-hybridized carbons (Fsp3) is 0.316. The van der Waals surface area contributed by atoms with Gasteiger partial charge in [0.2, 0.25) is 11.9 Å². The zero-order chi connectivity index (χ0) is 23.5. The van der Waals surface area contributed by atoms with Crippen molar-refractivity contribution in [2.45, 2.75) is 26.2 Å². The Hall–Kier alpha value is -3.51. The van der Waals surface area contributed by atoms with Crippen LogP contribution in [0.1, 0.15) is 25.2 Å². The van der Waals surface area contributed by atoms with Crippen LogP contribution >= 0.6 is 0 Å². The summed E-state index contributed by atoms with van der Waals surface area (Å²) < 4.78 is 77.9. The van der Waals surface area contributed by atoms with Crippen molar-refractivity contribution < 1.29 is 26.3 Å². The van der Waals surface area contributed by atoms with E-state index in [1.165, 1.54) is 12.1 Å². The molecule has 0 bridgehead atoms. The molecular formula is C19H17F6N7. The van der Waals surface area contributed by atoms with Crippen LogP contribution in [0.15, 0.2) is 36.5 Å². The van der Waals surface area contributed by atoms with E-state index < -0.39 is 23.7 Å². The summed E-state index contributed by atoms with van der Waals surface area (Å²) in [4.78, 5) is 19.1. The largest absolute Gasteiger partial charge is 0.433 e. The number of halogens is 6. The van der Waals surface area contributed by atoms with Gasteiger partial charge in [-0.1, -0.05) is 19.9 Å². The van der Waals surface area contributed by atoms with Gasteiger partial charge in [-0.2, -0.15) is 41.3 Å². The molecule has 0 amide bonds. The molecule has 0 unspecified atom stereocenters. The first-order chi connectivity index (χ1) is 14.9. The van der Waals surface area contributed by atoms with Gasteiger partial charge in [-0.15, -0.1) is 0 Å². The molecule has 3 aromatic heterocycles. The molecular weight excluding hydrogens is 440 g/mol. The van der Waals surface area contributed by atoms with E-state index >= 15 is 0 Å². The normalized spacial score (nSPS) is 12.2. The van der Waals surface area contributed by atoms with Crippen LogP contribution in [0.4, 0.5) is 43.9 Å². The Kier molecular flexibility index (Phi) is 6.46.